The van der Waals surface area contributed by atoms with Crippen LogP contribution in [0.5, 0.6) is 5.75 Å². The van der Waals surface area contributed by atoms with Crippen LogP contribution in [-0.2, 0) is 11.3 Å². The van der Waals surface area contributed by atoms with Crippen molar-refractivity contribution in [1.29, 1.82) is 0 Å². The first kappa shape index (κ1) is 19.4. The fourth-order valence-corrected chi connectivity index (χ4v) is 4.39. The Morgan fingerprint density at radius 1 is 1.16 bits per heavy atom. The SMILES string of the molecule is COc1ccccc1CNC(=O)[C@@H]1CCCN(c2nc3ncccc3n3cccc23)C1. The predicted molar refractivity (Wildman–Crippen MR) is 120 cm³/mol. The van der Waals surface area contributed by atoms with E-state index >= 15 is 0 Å². The maximum atomic E-state index is 13.0. The Bertz CT molecular complexity index is 1240. The van der Waals surface area contributed by atoms with Crippen LogP contribution < -0.4 is 15.0 Å². The Morgan fingerprint density at radius 2 is 2.03 bits per heavy atom. The van der Waals surface area contributed by atoms with Gasteiger partial charge < -0.3 is 19.4 Å². The van der Waals surface area contributed by atoms with Crippen molar-refractivity contribution >= 4 is 28.4 Å². The number of amides is 1. The second-order valence-corrected chi connectivity index (χ2v) is 7.86. The minimum atomic E-state index is -0.0836. The van der Waals surface area contributed by atoms with Crippen molar-refractivity contribution < 1.29 is 9.53 Å². The number of benzene rings is 1. The zero-order chi connectivity index (χ0) is 21.2. The second kappa shape index (κ2) is 8.26. The van der Waals surface area contributed by atoms with Crippen LogP contribution in [0.4, 0.5) is 5.82 Å². The zero-order valence-electron chi connectivity index (χ0n) is 17.5. The van der Waals surface area contributed by atoms with Gasteiger partial charge in [0, 0.05) is 37.6 Å². The van der Waals surface area contributed by atoms with Crippen molar-refractivity contribution in [2.75, 3.05) is 25.1 Å². The summed E-state index contributed by atoms with van der Waals surface area (Å²) in [4.78, 5) is 24.5. The maximum Gasteiger partial charge on any atom is 0.225 e. The van der Waals surface area contributed by atoms with Gasteiger partial charge in [0.2, 0.25) is 5.91 Å². The summed E-state index contributed by atoms with van der Waals surface area (Å²) >= 11 is 0. The molecule has 0 radical (unpaired) electrons. The van der Waals surface area contributed by atoms with Crippen LogP contribution in [0.1, 0.15) is 18.4 Å². The highest BCUT2D eigenvalue weighted by Gasteiger charge is 2.28. The van der Waals surface area contributed by atoms with E-state index in [1.807, 2.05) is 48.7 Å². The molecule has 1 fully saturated rings. The highest BCUT2D eigenvalue weighted by Crippen LogP contribution is 2.28. The van der Waals surface area contributed by atoms with E-state index < -0.39 is 0 Å². The topological polar surface area (TPSA) is 71.8 Å². The number of piperidine rings is 1. The first-order valence-corrected chi connectivity index (χ1v) is 10.6. The molecule has 1 aliphatic rings. The number of aromatic nitrogens is 3. The third-order valence-corrected chi connectivity index (χ3v) is 5.95. The van der Waals surface area contributed by atoms with Crippen LogP contribution in [0, 0.1) is 5.92 Å². The lowest BCUT2D eigenvalue weighted by Crippen LogP contribution is -2.43. The van der Waals surface area contributed by atoms with Gasteiger partial charge in [-0.3, -0.25) is 4.79 Å². The van der Waals surface area contributed by atoms with Crippen molar-refractivity contribution in [2.45, 2.75) is 19.4 Å². The summed E-state index contributed by atoms with van der Waals surface area (Å²) in [6, 6.07) is 15.8. The fourth-order valence-electron chi connectivity index (χ4n) is 4.39. The fraction of sp³-hybridized carbons (Fsp3) is 0.292. The van der Waals surface area contributed by atoms with E-state index in [1.165, 1.54) is 0 Å². The van der Waals surface area contributed by atoms with Crippen LogP contribution in [0.25, 0.3) is 16.7 Å². The first-order valence-electron chi connectivity index (χ1n) is 10.6. The number of hydrogen-bond acceptors (Lipinski definition) is 5. The number of methoxy groups -OCH3 is 1. The standard InChI is InChI=1S/C24H25N5O2/c1-31-21-11-3-2-7-17(21)15-26-24(30)18-8-5-13-28(16-18)23-20-10-6-14-29(20)19-9-4-12-25-22(19)27-23/h2-4,6-7,9-12,14,18H,5,8,13,15-16H2,1H3,(H,26,30)/t18-/m1/s1. The summed E-state index contributed by atoms with van der Waals surface area (Å²) in [5, 5.41) is 3.09. The summed E-state index contributed by atoms with van der Waals surface area (Å²) in [7, 11) is 1.65. The smallest absolute Gasteiger partial charge is 0.225 e. The number of nitrogens with zero attached hydrogens (tertiary/aromatic N) is 4. The van der Waals surface area contributed by atoms with Crippen LogP contribution in [-0.4, -0.2) is 40.5 Å². The third-order valence-electron chi connectivity index (χ3n) is 5.95. The van der Waals surface area contributed by atoms with E-state index in [1.54, 1.807) is 13.3 Å². The van der Waals surface area contributed by atoms with Gasteiger partial charge >= 0.3 is 0 Å². The van der Waals surface area contributed by atoms with E-state index in [2.05, 4.69) is 25.7 Å². The highest BCUT2D eigenvalue weighted by atomic mass is 16.5. The van der Waals surface area contributed by atoms with E-state index in [4.69, 9.17) is 9.72 Å². The van der Waals surface area contributed by atoms with Gasteiger partial charge in [0.1, 0.15) is 5.75 Å². The van der Waals surface area contributed by atoms with E-state index in [-0.39, 0.29) is 11.8 Å². The molecule has 4 heterocycles. The number of rotatable bonds is 5. The van der Waals surface area contributed by atoms with Gasteiger partial charge in [-0.05, 0) is 43.2 Å². The Labute approximate surface area is 180 Å². The lowest BCUT2D eigenvalue weighted by molar-refractivity contribution is -0.125. The number of carbonyl (C=O) groups is 1. The molecular formula is C24H25N5O2. The van der Waals surface area contributed by atoms with Crippen LogP contribution in [0.3, 0.4) is 0 Å². The van der Waals surface area contributed by atoms with E-state index in [0.717, 1.165) is 47.6 Å². The molecule has 3 aromatic heterocycles. The summed E-state index contributed by atoms with van der Waals surface area (Å²) < 4.78 is 7.51. The number of carbonyl (C=O) groups excluding carboxylic acids is 1. The van der Waals surface area contributed by atoms with Crippen molar-refractivity contribution in [2.24, 2.45) is 5.92 Å². The summed E-state index contributed by atoms with van der Waals surface area (Å²) in [6.07, 6.45) is 5.61. The van der Waals surface area contributed by atoms with Gasteiger partial charge in [-0.1, -0.05) is 18.2 Å². The molecule has 1 saturated heterocycles. The highest BCUT2D eigenvalue weighted by molar-refractivity contribution is 5.84. The Hall–Kier alpha value is -3.61. The quantitative estimate of drug-likeness (QED) is 0.541. The lowest BCUT2D eigenvalue weighted by Gasteiger charge is -2.33. The van der Waals surface area contributed by atoms with Crippen LogP contribution in [0.15, 0.2) is 60.9 Å². The molecule has 7 nitrogen and oxygen atoms in total. The van der Waals surface area contributed by atoms with Crippen molar-refractivity contribution in [3.63, 3.8) is 0 Å². The molecule has 0 aliphatic carbocycles. The molecule has 1 amide bonds. The normalized spacial score (nSPS) is 16.5. The summed E-state index contributed by atoms with van der Waals surface area (Å²) in [5.74, 6) is 1.66. The molecule has 0 saturated carbocycles. The minimum absolute atomic E-state index is 0.0703. The maximum absolute atomic E-state index is 13.0. The molecule has 7 heteroatoms. The molecule has 1 aliphatic heterocycles. The zero-order valence-corrected chi connectivity index (χ0v) is 17.5. The van der Waals surface area contributed by atoms with Gasteiger partial charge in [0.05, 0.1) is 24.1 Å². The summed E-state index contributed by atoms with van der Waals surface area (Å²) in [6.45, 7) is 1.98. The predicted octanol–water partition coefficient (Wildman–Crippen LogP) is 3.42. The van der Waals surface area contributed by atoms with Crippen LogP contribution in [0.2, 0.25) is 0 Å². The number of nitrogens with one attached hydrogen (secondary N) is 1. The molecule has 158 valence electrons. The lowest BCUT2D eigenvalue weighted by atomic mass is 9.97. The number of para-hydroxylation sites is 1. The Balaban J connectivity index is 1.35. The summed E-state index contributed by atoms with van der Waals surface area (Å²) in [5.41, 5.74) is 3.71. The van der Waals surface area contributed by atoms with Crippen molar-refractivity contribution in [1.82, 2.24) is 19.7 Å². The molecule has 0 spiro atoms. The average Bonchev–Trinajstić information content (AvgIpc) is 3.32. The molecule has 0 unspecified atom stereocenters. The molecular weight excluding hydrogens is 390 g/mol. The molecule has 4 aromatic rings. The van der Waals surface area contributed by atoms with Gasteiger partial charge in [-0.2, -0.15) is 0 Å². The van der Waals surface area contributed by atoms with Crippen molar-refractivity contribution in [3.05, 3.63) is 66.5 Å². The molecule has 5 rings (SSSR count). The number of fused-ring (bicyclic) bond motifs is 3. The number of pyridine rings is 1. The molecule has 31 heavy (non-hydrogen) atoms. The largest absolute Gasteiger partial charge is 0.496 e. The van der Waals surface area contributed by atoms with Crippen molar-refractivity contribution in [3.8, 4) is 5.75 Å². The molecule has 1 N–H and O–H groups in total. The van der Waals surface area contributed by atoms with Gasteiger partial charge in [-0.15, -0.1) is 0 Å². The second-order valence-electron chi connectivity index (χ2n) is 7.86. The van der Waals surface area contributed by atoms with Gasteiger partial charge in [0.25, 0.3) is 0 Å². The average molecular weight is 415 g/mol. The molecule has 1 atom stereocenters. The number of anilines is 1. The molecule has 1 aromatic carbocycles. The first-order chi connectivity index (χ1) is 15.2. The molecule has 0 bridgehead atoms. The number of hydrogen-bond donors (Lipinski definition) is 1. The number of ether oxygens (including phenoxy) is 1. The third kappa shape index (κ3) is 3.67. The van der Waals surface area contributed by atoms with Crippen LogP contribution >= 0.6 is 0 Å². The Kier molecular flexibility index (Phi) is 5.16. The van der Waals surface area contributed by atoms with Gasteiger partial charge in [0.15, 0.2) is 11.5 Å². The van der Waals surface area contributed by atoms with Gasteiger partial charge in [-0.25, -0.2) is 9.97 Å². The van der Waals surface area contributed by atoms with E-state index in [0.29, 0.717) is 18.7 Å². The monoisotopic (exact) mass is 415 g/mol. The Morgan fingerprint density at radius 3 is 2.94 bits per heavy atom. The minimum Gasteiger partial charge on any atom is -0.496 e. The van der Waals surface area contributed by atoms with E-state index in [9.17, 15) is 4.79 Å².